The summed E-state index contributed by atoms with van der Waals surface area (Å²) in [4.78, 5) is 8.09. The first-order valence-corrected chi connectivity index (χ1v) is 5.55. The fraction of sp³-hybridized carbons (Fsp3) is 0.167. The minimum atomic E-state index is 0.331. The monoisotopic (exact) mass is 261 g/mol. The number of benzene rings is 1. The third-order valence-corrected chi connectivity index (χ3v) is 2.46. The van der Waals surface area contributed by atoms with Crippen molar-refractivity contribution < 1.29 is 9.47 Å². The van der Waals surface area contributed by atoms with Crippen LogP contribution in [0, 0.1) is 0 Å². The predicted octanol–water partition coefficient (Wildman–Crippen LogP) is 1.52. The Kier molecular flexibility index (Phi) is 3.99. The summed E-state index contributed by atoms with van der Waals surface area (Å²) in [5, 5.41) is 3.12. The van der Waals surface area contributed by atoms with E-state index in [0.717, 1.165) is 11.4 Å². The molecule has 0 fully saturated rings. The minimum absolute atomic E-state index is 0.331. The van der Waals surface area contributed by atoms with E-state index in [2.05, 4.69) is 20.7 Å². The van der Waals surface area contributed by atoms with Crippen molar-refractivity contribution in [2.45, 2.75) is 0 Å². The van der Waals surface area contributed by atoms with Gasteiger partial charge < -0.3 is 14.8 Å². The SMILES string of the molecule is COc1ccc(Nc2ccnc(NN)n2)c(OC)c1. The van der Waals surface area contributed by atoms with Crippen LogP contribution in [0.1, 0.15) is 0 Å². The van der Waals surface area contributed by atoms with Gasteiger partial charge in [-0.25, -0.2) is 10.8 Å². The van der Waals surface area contributed by atoms with Crippen LogP contribution in [0.2, 0.25) is 0 Å². The van der Waals surface area contributed by atoms with E-state index in [1.807, 2.05) is 12.1 Å². The van der Waals surface area contributed by atoms with Gasteiger partial charge in [-0.1, -0.05) is 0 Å². The quantitative estimate of drug-likeness (QED) is 0.555. The molecular formula is C12H15N5O2. The van der Waals surface area contributed by atoms with E-state index in [1.165, 1.54) is 0 Å². The van der Waals surface area contributed by atoms with Crippen molar-refractivity contribution >= 4 is 17.5 Å². The fourth-order valence-corrected chi connectivity index (χ4v) is 1.54. The van der Waals surface area contributed by atoms with Crippen LogP contribution in [0.3, 0.4) is 0 Å². The smallest absolute Gasteiger partial charge is 0.239 e. The lowest BCUT2D eigenvalue weighted by Crippen LogP contribution is -2.10. The molecule has 0 amide bonds. The van der Waals surface area contributed by atoms with Gasteiger partial charge in [-0.05, 0) is 18.2 Å². The highest BCUT2D eigenvalue weighted by molar-refractivity contribution is 5.66. The molecule has 0 aliphatic rings. The number of methoxy groups -OCH3 is 2. The summed E-state index contributed by atoms with van der Waals surface area (Å²) >= 11 is 0. The first-order chi connectivity index (χ1) is 9.26. The highest BCUT2D eigenvalue weighted by Gasteiger charge is 2.06. The number of nitrogens with two attached hydrogens (primary N) is 1. The highest BCUT2D eigenvalue weighted by atomic mass is 16.5. The van der Waals surface area contributed by atoms with Gasteiger partial charge in [0.1, 0.15) is 17.3 Å². The Labute approximate surface area is 110 Å². The standard InChI is InChI=1S/C12H15N5O2/c1-18-8-3-4-9(10(7-8)19-2)15-11-5-6-14-12(16-11)17-13/h3-7H,13H2,1-2H3,(H2,14,15,16,17). The number of aromatic nitrogens is 2. The molecule has 0 unspecified atom stereocenters. The number of ether oxygens (including phenoxy) is 2. The van der Waals surface area contributed by atoms with E-state index < -0.39 is 0 Å². The van der Waals surface area contributed by atoms with E-state index in [-0.39, 0.29) is 0 Å². The van der Waals surface area contributed by atoms with Gasteiger partial charge in [-0.2, -0.15) is 4.98 Å². The van der Waals surface area contributed by atoms with Gasteiger partial charge in [-0.3, -0.25) is 5.43 Å². The van der Waals surface area contributed by atoms with Crippen LogP contribution < -0.4 is 26.1 Å². The molecule has 1 aromatic carbocycles. The first-order valence-electron chi connectivity index (χ1n) is 5.55. The molecule has 7 nitrogen and oxygen atoms in total. The van der Waals surface area contributed by atoms with Crippen LogP contribution in [-0.2, 0) is 0 Å². The van der Waals surface area contributed by atoms with Gasteiger partial charge in [0.05, 0.1) is 19.9 Å². The molecule has 100 valence electrons. The number of nitrogens with zero attached hydrogens (tertiary/aromatic N) is 2. The Balaban J connectivity index is 2.26. The van der Waals surface area contributed by atoms with E-state index >= 15 is 0 Å². The zero-order valence-electron chi connectivity index (χ0n) is 10.7. The Bertz CT molecular complexity index is 562. The van der Waals surface area contributed by atoms with Crippen LogP contribution in [-0.4, -0.2) is 24.2 Å². The van der Waals surface area contributed by atoms with Crippen molar-refractivity contribution in [2.24, 2.45) is 5.84 Å². The van der Waals surface area contributed by atoms with Gasteiger partial charge >= 0.3 is 0 Å². The average molecular weight is 261 g/mol. The summed E-state index contributed by atoms with van der Waals surface area (Å²) in [6, 6.07) is 7.18. The number of nitrogen functional groups attached to an aromatic ring is 1. The summed E-state index contributed by atoms with van der Waals surface area (Å²) in [5.41, 5.74) is 3.15. The van der Waals surface area contributed by atoms with Crippen molar-refractivity contribution in [3.63, 3.8) is 0 Å². The van der Waals surface area contributed by atoms with Crippen molar-refractivity contribution in [2.75, 3.05) is 25.0 Å². The maximum Gasteiger partial charge on any atom is 0.239 e. The lowest BCUT2D eigenvalue weighted by atomic mass is 10.2. The predicted molar refractivity (Wildman–Crippen MR) is 72.7 cm³/mol. The van der Waals surface area contributed by atoms with Crippen molar-refractivity contribution in [3.05, 3.63) is 30.5 Å². The third kappa shape index (κ3) is 3.02. The molecule has 1 aromatic heterocycles. The first kappa shape index (κ1) is 12.9. The van der Waals surface area contributed by atoms with E-state index in [1.54, 1.807) is 32.5 Å². The maximum atomic E-state index is 5.29. The van der Waals surface area contributed by atoms with Crippen LogP contribution in [0.5, 0.6) is 11.5 Å². The van der Waals surface area contributed by atoms with Crippen molar-refractivity contribution in [3.8, 4) is 11.5 Å². The molecule has 0 aliphatic heterocycles. The number of nitrogens with one attached hydrogen (secondary N) is 2. The molecule has 0 aliphatic carbocycles. The van der Waals surface area contributed by atoms with Crippen LogP contribution >= 0.6 is 0 Å². The Morgan fingerprint density at radius 3 is 2.68 bits per heavy atom. The topological polar surface area (TPSA) is 94.3 Å². The summed E-state index contributed by atoms with van der Waals surface area (Å²) in [5.74, 6) is 7.57. The minimum Gasteiger partial charge on any atom is -0.497 e. The average Bonchev–Trinajstić information content (AvgIpc) is 2.48. The largest absolute Gasteiger partial charge is 0.497 e. The van der Waals surface area contributed by atoms with E-state index in [0.29, 0.717) is 17.5 Å². The van der Waals surface area contributed by atoms with Crippen molar-refractivity contribution in [1.29, 1.82) is 0 Å². The number of hydrogen-bond donors (Lipinski definition) is 3. The highest BCUT2D eigenvalue weighted by Crippen LogP contribution is 2.30. The van der Waals surface area contributed by atoms with Gasteiger partial charge in [0, 0.05) is 12.3 Å². The lowest BCUT2D eigenvalue weighted by molar-refractivity contribution is 0.395. The Morgan fingerprint density at radius 2 is 2.00 bits per heavy atom. The second-order valence-electron chi connectivity index (χ2n) is 3.60. The Morgan fingerprint density at radius 1 is 1.16 bits per heavy atom. The second-order valence-corrected chi connectivity index (χ2v) is 3.60. The number of rotatable bonds is 5. The van der Waals surface area contributed by atoms with Crippen LogP contribution in [0.15, 0.2) is 30.5 Å². The van der Waals surface area contributed by atoms with Gasteiger partial charge in [0.25, 0.3) is 0 Å². The second kappa shape index (κ2) is 5.87. The summed E-state index contributed by atoms with van der Waals surface area (Å²) < 4.78 is 10.4. The molecular weight excluding hydrogens is 246 g/mol. The molecule has 2 aromatic rings. The number of anilines is 3. The molecule has 2 rings (SSSR count). The molecule has 4 N–H and O–H groups in total. The molecule has 1 heterocycles. The molecule has 0 spiro atoms. The zero-order valence-corrected chi connectivity index (χ0v) is 10.7. The number of hydrazine groups is 1. The molecule has 19 heavy (non-hydrogen) atoms. The number of hydrogen-bond acceptors (Lipinski definition) is 7. The van der Waals surface area contributed by atoms with Gasteiger partial charge in [-0.15, -0.1) is 0 Å². The molecule has 0 saturated carbocycles. The van der Waals surface area contributed by atoms with Gasteiger partial charge in [0.2, 0.25) is 5.95 Å². The van der Waals surface area contributed by atoms with Crippen LogP contribution in [0.4, 0.5) is 17.5 Å². The zero-order chi connectivity index (χ0) is 13.7. The Hall–Kier alpha value is -2.54. The molecule has 0 bridgehead atoms. The maximum absolute atomic E-state index is 5.29. The normalized spacial score (nSPS) is 9.84. The van der Waals surface area contributed by atoms with Crippen molar-refractivity contribution in [1.82, 2.24) is 9.97 Å². The van der Waals surface area contributed by atoms with E-state index in [9.17, 15) is 0 Å². The molecule has 0 atom stereocenters. The summed E-state index contributed by atoms with van der Waals surface area (Å²) in [7, 11) is 3.19. The molecule has 7 heteroatoms. The summed E-state index contributed by atoms with van der Waals surface area (Å²) in [6.07, 6.45) is 1.60. The lowest BCUT2D eigenvalue weighted by Gasteiger charge is -2.12. The van der Waals surface area contributed by atoms with Gasteiger partial charge in [0.15, 0.2) is 0 Å². The van der Waals surface area contributed by atoms with Crippen LogP contribution in [0.25, 0.3) is 0 Å². The fourth-order valence-electron chi connectivity index (χ4n) is 1.54. The third-order valence-electron chi connectivity index (χ3n) is 2.46. The molecule has 0 saturated heterocycles. The van der Waals surface area contributed by atoms with E-state index in [4.69, 9.17) is 15.3 Å². The summed E-state index contributed by atoms with van der Waals surface area (Å²) in [6.45, 7) is 0. The molecule has 0 radical (unpaired) electrons.